The molecule has 7 heteroatoms. The van der Waals surface area contributed by atoms with Gasteiger partial charge in [-0.1, -0.05) is 12.1 Å². The molecule has 0 unspecified atom stereocenters. The smallest absolute Gasteiger partial charge is 0.257 e. The van der Waals surface area contributed by atoms with E-state index in [-0.39, 0.29) is 10.6 Å². The Morgan fingerprint density at radius 3 is 2.50 bits per heavy atom. The van der Waals surface area contributed by atoms with E-state index in [2.05, 4.69) is 10.3 Å². The molecule has 0 spiro atoms. The first-order valence-electron chi connectivity index (χ1n) is 5.74. The van der Waals surface area contributed by atoms with Crippen molar-refractivity contribution in [2.24, 2.45) is 5.14 Å². The number of nitrogens with two attached hydrogens (primary N) is 1. The Morgan fingerprint density at radius 1 is 1.20 bits per heavy atom. The fraction of sp³-hybridized carbons (Fsp3) is 0.0769. The lowest BCUT2D eigenvalue weighted by Gasteiger charge is -2.09. The van der Waals surface area contributed by atoms with Gasteiger partial charge in [-0.15, -0.1) is 0 Å². The molecule has 2 rings (SSSR count). The van der Waals surface area contributed by atoms with Crippen molar-refractivity contribution in [1.82, 2.24) is 4.98 Å². The van der Waals surface area contributed by atoms with Gasteiger partial charge < -0.3 is 5.32 Å². The van der Waals surface area contributed by atoms with E-state index in [0.717, 1.165) is 5.69 Å². The molecule has 1 heterocycles. The summed E-state index contributed by atoms with van der Waals surface area (Å²) >= 11 is 0. The van der Waals surface area contributed by atoms with Crippen LogP contribution in [0.15, 0.2) is 47.5 Å². The molecule has 0 aliphatic heterocycles. The van der Waals surface area contributed by atoms with Crippen LogP contribution in [-0.2, 0) is 10.0 Å². The summed E-state index contributed by atoms with van der Waals surface area (Å²) in [6.07, 6.45) is 1.42. The number of anilines is 1. The van der Waals surface area contributed by atoms with Gasteiger partial charge in [0.05, 0.1) is 11.3 Å². The molecule has 1 aromatic heterocycles. The molecule has 1 amide bonds. The number of carbonyl (C=O) groups is 1. The molecule has 2 aromatic rings. The third-order valence-electron chi connectivity index (χ3n) is 2.62. The number of sulfonamides is 1. The maximum absolute atomic E-state index is 12.0. The third kappa shape index (κ3) is 3.19. The molecule has 0 aliphatic rings. The van der Waals surface area contributed by atoms with Crippen LogP contribution in [0.1, 0.15) is 16.1 Å². The lowest BCUT2D eigenvalue weighted by Crippen LogP contribution is -2.18. The highest BCUT2D eigenvalue weighted by atomic mass is 32.2. The molecule has 104 valence electrons. The first-order valence-corrected chi connectivity index (χ1v) is 7.28. The average Bonchev–Trinajstić information content (AvgIpc) is 2.38. The number of hydrogen-bond acceptors (Lipinski definition) is 4. The second-order valence-electron chi connectivity index (χ2n) is 4.18. The Labute approximate surface area is 116 Å². The summed E-state index contributed by atoms with van der Waals surface area (Å²) in [7, 11) is -3.90. The number of pyridine rings is 1. The van der Waals surface area contributed by atoms with Crippen LogP contribution >= 0.6 is 0 Å². The van der Waals surface area contributed by atoms with E-state index < -0.39 is 15.9 Å². The number of nitrogens with zero attached hydrogens (tertiary/aromatic N) is 1. The van der Waals surface area contributed by atoms with E-state index in [1.54, 1.807) is 25.1 Å². The summed E-state index contributed by atoms with van der Waals surface area (Å²) in [6.45, 7) is 1.80. The average molecular weight is 291 g/mol. The number of benzene rings is 1. The minimum Gasteiger partial charge on any atom is -0.321 e. The Balaban J connectivity index is 2.31. The lowest BCUT2D eigenvalue weighted by atomic mass is 10.2. The highest BCUT2D eigenvalue weighted by Crippen LogP contribution is 2.19. The lowest BCUT2D eigenvalue weighted by molar-refractivity contribution is 0.102. The van der Waals surface area contributed by atoms with Gasteiger partial charge in [0.15, 0.2) is 0 Å². The van der Waals surface area contributed by atoms with Gasteiger partial charge in [0, 0.05) is 11.9 Å². The number of hydrogen-bond donors (Lipinski definition) is 2. The minimum absolute atomic E-state index is 0.131. The summed E-state index contributed by atoms with van der Waals surface area (Å²) in [5, 5.41) is 7.62. The molecule has 0 radical (unpaired) electrons. The molecule has 0 atom stereocenters. The first-order chi connectivity index (χ1) is 9.38. The van der Waals surface area contributed by atoms with Crippen LogP contribution in [-0.4, -0.2) is 19.3 Å². The van der Waals surface area contributed by atoms with Crippen LogP contribution in [0.3, 0.4) is 0 Å². The van der Waals surface area contributed by atoms with Crippen molar-refractivity contribution in [2.75, 3.05) is 5.32 Å². The predicted molar refractivity (Wildman–Crippen MR) is 74.7 cm³/mol. The largest absolute Gasteiger partial charge is 0.321 e. The molecule has 0 saturated carbocycles. The van der Waals surface area contributed by atoms with Crippen LogP contribution < -0.4 is 10.5 Å². The zero-order valence-corrected chi connectivity index (χ0v) is 11.5. The SMILES string of the molecule is Cc1ccc(C(=O)Nc2ccccc2S(N)(=O)=O)cn1. The molecular formula is C13H13N3O3S. The van der Waals surface area contributed by atoms with E-state index in [9.17, 15) is 13.2 Å². The molecule has 0 aliphatic carbocycles. The highest BCUT2D eigenvalue weighted by molar-refractivity contribution is 7.89. The maximum Gasteiger partial charge on any atom is 0.257 e. The normalized spacial score (nSPS) is 11.1. The van der Waals surface area contributed by atoms with Gasteiger partial charge in [-0.3, -0.25) is 9.78 Å². The van der Waals surface area contributed by atoms with E-state index in [4.69, 9.17) is 5.14 Å². The van der Waals surface area contributed by atoms with Gasteiger partial charge in [-0.2, -0.15) is 0 Å². The van der Waals surface area contributed by atoms with Gasteiger partial charge in [0.2, 0.25) is 10.0 Å². The van der Waals surface area contributed by atoms with Crippen molar-refractivity contribution in [3.05, 3.63) is 53.9 Å². The Bertz CT molecular complexity index is 740. The number of amides is 1. The molecule has 0 fully saturated rings. The van der Waals surface area contributed by atoms with E-state index in [1.807, 2.05) is 0 Å². The Morgan fingerprint density at radius 2 is 1.90 bits per heavy atom. The standard InChI is InChI=1S/C13H13N3O3S/c1-9-6-7-10(8-15-9)13(17)16-11-4-2-3-5-12(11)20(14,18)19/h2-8H,1H3,(H,16,17)(H2,14,18,19). The van der Waals surface area contributed by atoms with Crippen molar-refractivity contribution in [3.63, 3.8) is 0 Å². The van der Waals surface area contributed by atoms with Gasteiger partial charge in [0.1, 0.15) is 4.90 Å². The number of carbonyl (C=O) groups excluding carboxylic acids is 1. The van der Waals surface area contributed by atoms with Crippen LogP contribution in [0, 0.1) is 6.92 Å². The molecule has 0 bridgehead atoms. The van der Waals surface area contributed by atoms with Crippen LogP contribution in [0.2, 0.25) is 0 Å². The van der Waals surface area contributed by atoms with Gasteiger partial charge in [0.25, 0.3) is 5.91 Å². The zero-order chi connectivity index (χ0) is 14.8. The second kappa shape index (κ2) is 5.40. The Kier molecular flexibility index (Phi) is 3.82. The maximum atomic E-state index is 12.0. The third-order valence-corrected chi connectivity index (χ3v) is 3.58. The monoisotopic (exact) mass is 291 g/mol. The summed E-state index contributed by atoms with van der Waals surface area (Å²) in [5.41, 5.74) is 1.26. The first kappa shape index (κ1) is 14.2. The molecular weight excluding hydrogens is 278 g/mol. The van der Waals surface area contributed by atoms with E-state index >= 15 is 0 Å². The Hall–Kier alpha value is -2.25. The number of aromatic nitrogens is 1. The summed E-state index contributed by atoms with van der Waals surface area (Å²) in [5.74, 6) is -0.450. The predicted octanol–water partition coefficient (Wildman–Crippen LogP) is 1.29. The minimum atomic E-state index is -3.90. The van der Waals surface area contributed by atoms with E-state index in [0.29, 0.717) is 5.56 Å². The van der Waals surface area contributed by atoms with Gasteiger partial charge in [-0.25, -0.2) is 13.6 Å². The number of primary sulfonamides is 1. The van der Waals surface area contributed by atoms with Gasteiger partial charge >= 0.3 is 0 Å². The summed E-state index contributed by atoms with van der Waals surface area (Å²) in [6, 6.07) is 9.25. The number of rotatable bonds is 3. The van der Waals surface area contributed by atoms with Gasteiger partial charge in [-0.05, 0) is 31.2 Å². The second-order valence-corrected chi connectivity index (χ2v) is 5.71. The van der Waals surface area contributed by atoms with Crippen molar-refractivity contribution >= 4 is 21.6 Å². The molecule has 6 nitrogen and oxygen atoms in total. The summed E-state index contributed by atoms with van der Waals surface area (Å²) in [4.78, 5) is 15.9. The molecule has 1 aromatic carbocycles. The molecule has 0 saturated heterocycles. The molecule has 20 heavy (non-hydrogen) atoms. The number of aryl methyl sites for hydroxylation is 1. The van der Waals surface area contributed by atoms with Crippen LogP contribution in [0.5, 0.6) is 0 Å². The van der Waals surface area contributed by atoms with Crippen LogP contribution in [0.4, 0.5) is 5.69 Å². The number of nitrogens with one attached hydrogen (secondary N) is 1. The number of para-hydroxylation sites is 1. The fourth-order valence-corrected chi connectivity index (χ4v) is 2.31. The quantitative estimate of drug-likeness (QED) is 0.889. The van der Waals surface area contributed by atoms with Crippen molar-refractivity contribution < 1.29 is 13.2 Å². The van der Waals surface area contributed by atoms with E-state index in [1.165, 1.54) is 24.4 Å². The zero-order valence-electron chi connectivity index (χ0n) is 10.7. The highest BCUT2D eigenvalue weighted by Gasteiger charge is 2.15. The topological polar surface area (TPSA) is 102 Å². The fourth-order valence-electron chi connectivity index (χ4n) is 1.61. The van der Waals surface area contributed by atoms with Crippen molar-refractivity contribution in [3.8, 4) is 0 Å². The van der Waals surface area contributed by atoms with Crippen LogP contribution in [0.25, 0.3) is 0 Å². The van der Waals surface area contributed by atoms with Crippen molar-refractivity contribution in [2.45, 2.75) is 11.8 Å². The summed E-state index contributed by atoms with van der Waals surface area (Å²) < 4.78 is 22.9. The van der Waals surface area contributed by atoms with Crippen molar-refractivity contribution in [1.29, 1.82) is 0 Å². The molecule has 3 N–H and O–H groups in total.